The fourth-order valence-corrected chi connectivity index (χ4v) is 4.41. The maximum Gasteiger partial charge on any atom is 0.358 e. The molecule has 2 aromatic heterocycles. The van der Waals surface area contributed by atoms with Crippen LogP contribution in [-0.2, 0) is 4.74 Å². The number of carboxylic acids is 1. The second-order valence-electron chi connectivity index (χ2n) is 8.32. The number of carbonyl (C=O) groups is 2. The molecular weight excluding hydrogens is 574 g/mol. The Hall–Kier alpha value is -3.04. The highest BCUT2D eigenvalue weighted by molar-refractivity contribution is 6.36. The number of aromatic carboxylic acids is 1. The molecule has 0 atom stereocenters. The Bertz CT molecular complexity index is 1480. The highest BCUT2D eigenvalue weighted by Crippen LogP contribution is 2.28. The second kappa shape index (κ2) is 12.7. The lowest BCUT2D eigenvalue weighted by molar-refractivity contribution is 0.0518. The molecule has 8 nitrogen and oxygen atoms in total. The molecule has 4 aromatic rings. The van der Waals surface area contributed by atoms with E-state index in [2.05, 4.69) is 10.2 Å². The van der Waals surface area contributed by atoms with Crippen molar-refractivity contribution in [3.8, 4) is 11.4 Å². The van der Waals surface area contributed by atoms with Crippen LogP contribution in [0.15, 0.2) is 48.5 Å². The fraction of sp³-hybridized carbons (Fsp3) is 0.231. The van der Waals surface area contributed by atoms with E-state index in [1.54, 1.807) is 64.8 Å². The van der Waals surface area contributed by atoms with Crippen LogP contribution < -0.4 is 0 Å². The SMILES string of the molecule is CC(C)c1cc(C(=O)O)nn1-c1ccc(Cl)cc1Cl.CCOC(=O)c1cc(C)n(-c2ccc(Cl)cc2Cl)n1. The average Bonchev–Trinajstić information content (AvgIpc) is 3.44. The predicted molar refractivity (Wildman–Crippen MR) is 149 cm³/mol. The first-order chi connectivity index (χ1) is 17.9. The third kappa shape index (κ3) is 6.88. The summed E-state index contributed by atoms with van der Waals surface area (Å²) < 4.78 is 8.05. The topological polar surface area (TPSA) is 99.2 Å². The van der Waals surface area contributed by atoms with Gasteiger partial charge in [0.25, 0.3) is 0 Å². The summed E-state index contributed by atoms with van der Waals surface area (Å²) in [6, 6.07) is 13.3. The van der Waals surface area contributed by atoms with Gasteiger partial charge in [-0.3, -0.25) is 0 Å². The molecule has 0 bridgehead atoms. The van der Waals surface area contributed by atoms with Gasteiger partial charge in [-0.1, -0.05) is 60.3 Å². The number of ether oxygens (including phenoxy) is 1. The lowest BCUT2D eigenvalue weighted by Crippen LogP contribution is -2.07. The van der Waals surface area contributed by atoms with Crippen LogP contribution in [0.4, 0.5) is 0 Å². The lowest BCUT2D eigenvalue weighted by Gasteiger charge is -2.11. The maximum absolute atomic E-state index is 11.6. The van der Waals surface area contributed by atoms with Gasteiger partial charge in [0.05, 0.1) is 28.0 Å². The Kier molecular flexibility index (Phi) is 9.84. The van der Waals surface area contributed by atoms with Crippen LogP contribution in [0.1, 0.15) is 59.1 Å². The largest absolute Gasteiger partial charge is 0.476 e. The van der Waals surface area contributed by atoms with Crippen LogP contribution >= 0.6 is 46.4 Å². The maximum atomic E-state index is 11.6. The van der Waals surface area contributed by atoms with Gasteiger partial charge < -0.3 is 9.84 Å². The molecule has 4 rings (SSSR count). The van der Waals surface area contributed by atoms with E-state index in [0.717, 1.165) is 11.4 Å². The van der Waals surface area contributed by atoms with Crippen molar-refractivity contribution in [2.24, 2.45) is 0 Å². The molecule has 2 aromatic carbocycles. The average molecular weight is 598 g/mol. The van der Waals surface area contributed by atoms with Crippen LogP contribution in [0.3, 0.4) is 0 Å². The minimum absolute atomic E-state index is 0.00489. The normalized spacial score (nSPS) is 10.8. The third-order valence-corrected chi connectivity index (χ3v) is 6.27. The number of esters is 1. The Balaban J connectivity index is 0.000000211. The summed E-state index contributed by atoms with van der Waals surface area (Å²) in [5, 5.41) is 19.3. The molecular formula is C26H24Cl4N4O4. The van der Waals surface area contributed by atoms with E-state index in [-0.39, 0.29) is 17.3 Å². The second-order valence-corrected chi connectivity index (χ2v) is 10.0. The van der Waals surface area contributed by atoms with E-state index < -0.39 is 11.9 Å². The molecule has 0 saturated heterocycles. The van der Waals surface area contributed by atoms with Gasteiger partial charge in [-0.05, 0) is 68.3 Å². The lowest BCUT2D eigenvalue weighted by atomic mass is 10.1. The van der Waals surface area contributed by atoms with Crippen molar-refractivity contribution in [3.63, 3.8) is 0 Å². The summed E-state index contributed by atoms with van der Waals surface area (Å²) in [7, 11) is 0. The minimum atomic E-state index is -1.06. The first-order valence-electron chi connectivity index (χ1n) is 11.4. The summed E-state index contributed by atoms with van der Waals surface area (Å²) in [5.74, 6) is -1.40. The highest BCUT2D eigenvalue weighted by atomic mass is 35.5. The molecule has 0 spiro atoms. The van der Waals surface area contributed by atoms with E-state index in [4.69, 9.17) is 56.2 Å². The number of hydrogen-bond acceptors (Lipinski definition) is 5. The van der Waals surface area contributed by atoms with Crippen molar-refractivity contribution in [2.75, 3.05) is 6.61 Å². The van der Waals surface area contributed by atoms with E-state index in [0.29, 0.717) is 38.1 Å². The molecule has 0 amide bonds. The van der Waals surface area contributed by atoms with Crippen molar-refractivity contribution in [1.82, 2.24) is 19.6 Å². The number of carboxylic acid groups (broad SMARTS) is 1. The molecule has 12 heteroatoms. The summed E-state index contributed by atoms with van der Waals surface area (Å²) in [5.41, 5.74) is 3.09. The summed E-state index contributed by atoms with van der Waals surface area (Å²) in [4.78, 5) is 22.7. The fourth-order valence-electron chi connectivity index (χ4n) is 3.43. The van der Waals surface area contributed by atoms with E-state index in [1.165, 1.54) is 0 Å². The molecule has 0 aliphatic carbocycles. The molecule has 0 aliphatic rings. The standard InChI is InChI=1S/2C13H12Cl2N2O2/c1-7(2)12-6-10(13(18)19)16-17(12)11-4-3-8(14)5-9(11)15;1-3-19-13(18)11-6-8(2)17(16-11)12-5-4-9(14)7-10(12)15/h3-7H,1-2H3,(H,18,19);4-7H,3H2,1-2H3. The number of aryl methyl sites for hydroxylation is 1. The molecule has 0 fully saturated rings. The Labute approximate surface area is 239 Å². The van der Waals surface area contributed by atoms with Gasteiger partial charge in [0.15, 0.2) is 11.4 Å². The highest BCUT2D eigenvalue weighted by Gasteiger charge is 2.18. The van der Waals surface area contributed by atoms with Crippen molar-refractivity contribution in [3.05, 3.63) is 91.4 Å². The zero-order chi connectivity index (χ0) is 28.1. The molecule has 0 radical (unpaired) electrons. The third-order valence-electron chi connectivity index (χ3n) is 5.20. The number of benzene rings is 2. The Morgan fingerprint density at radius 1 is 0.868 bits per heavy atom. The molecule has 38 heavy (non-hydrogen) atoms. The smallest absolute Gasteiger partial charge is 0.358 e. The van der Waals surface area contributed by atoms with Crippen molar-refractivity contribution < 1.29 is 19.4 Å². The molecule has 0 saturated carbocycles. The summed E-state index contributed by atoms with van der Waals surface area (Å²) in [6.07, 6.45) is 0. The van der Waals surface area contributed by atoms with Gasteiger partial charge >= 0.3 is 11.9 Å². The Morgan fingerprint density at radius 2 is 1.39 bits per heavy atom. The van der Waals surface area contributed by atoms with Gasteiger partial charge in [0, 0.05) is 21.4 Å². The first kappa shape index (κ1) is 29.5. The van der Waals surface area contributed by atoms with Gasteiger partial charge in [0.2, 0.25) is 0 Å². The monoisotopic (exact) mass is 596 g/mol. The Morgan fingerprint density at radius 3 is 1.87 bits per heavy atom. The van der Waals surface area contributed by atoms with Crippen LogP contribution in [0.2, 0.25) is 20.1 Å². The van der Waals surface area contributed by atoms with Crippen molar-refractivity contribution in [1.29, 1.82) is 0 Å². The van der Waals surface area contributed by atoms with Gasteiger partial charge in [-0.2, -0.15) is 10.2 Å². The zero-order valence-corrected chi connectivity index (χ0v) is 23.9. The van der Waals surface area contributed by atoms with Crippen LogP contribution in [-0.4, -0.2) is 43.2 Å². The predicted octanol–water partition coefficient (Wildman–Crippen LogP) is 7.66. The first-order valence-corrected chi connectivity index (χ1v) is 12.9. The van der Waals surface area contributed by atoms with E-state index >= 15 is 0 Å². The van der Waals surface area contributed by atoms with Crippen molar-refractivity contribution in [2.45, 2.75) is 33.6 Å². The van der Waals surface area contributed by atoms with E-state index in [9.17, 15) is 9.59 Å². The molecule has 0 unspecified atom stereocenters. The number of aromatic nitrogens is 4. The van der Waals surface area contributed by atoms with Crippen LogP contribution in [0, 0.1) is 6.92 Å². The minimum Gasteiger partial charge on any atom is -0.476 e. The summed E-state index contributed by atoms with van der Waals surface area (Å²) in [6.45, 7) is 7.82. The number of halogens is 4. The van der Waals surface area contributed by atoms with Crippen molar-refractivity contribution >= 4 is 58.3 Å². The quantitative estimate of drug-likeness (QED) is 0.229. The van der Waals surface area contributed by atoms with Gasteiger partial charge in [-0.25, -0.2) is 19.0 Å². The number of hydrogen-bond donors (Lipinski definition) is 1. The number of rotatable bonds is 6. The zero-order valence-electron chi connectivity index (χ0n) is 20.9. The van der Waals surface area contributed by atoms with E-state index in [1.807, 2.05) is 20.8 Å². The number of carbonyl (C=O) groups excluding carboxylic acids is 1. The molecule has 2 heterocycles. The molecule has 200 valence electrons. The van der Waals surface area contributed by atoms with Gasteiger partial charge in [0.1, 0.15) is 0 Å². The van der Waals surface area contributed by atoms with Crippen LogP contribution in [0.25, 0.3) is 11.4 Å². The van der Waals surface area contributed by atoms with Crippen LogP contribution in [0.5, 0.6) is 0 Å². The van der Waals surface area contributed by atoms with Gasteiger partial charge in [-0.15, -0.1) is 0 Å². The molecule has 1 N–H and O–H groups in total. The number of nitrogens with zero attached hydrogens (tertiary/aromatic N) is 4. The summed E-state index contributed by atoms with van der Waals surface area (Å²) >= 11 is 24.0. The molecule has 0 aliphatic heterocycles.